The number of halogens is 1. The molecular formula is C21H24ClN5O6S. The van der Waals surface area contributed by atoms with Crippen LogP contribution in [0.3, 0.4) is 0 Å². The first-order chi connectivity index (χ1) is 15.8. The van der Waals surface area contributed by atoms with Crippen LogP contribution in [0, 0.1) is 0 Å². The van der Waals surface area contributed by atoms with Crippen molar-refractivity contribution in [3.63, 3.8) is 0 Å². The lowest BCUT2D eigenvalue weighted by Gasteiger charge is -2.21. The van der Waals surface area contributed by atoms with E-state index in [1.54, 1.807) is 24.3 Å². The van der Waals surface area contributed by atoms with Crippen LogP contribution >= 0.6 is 12.4 Å². The number of hydrogen-bond donors (Lipinski definition) is 2. The van der Waals surface area contributed by atoms with Gasteiger partial charge in [-0.05, 0) is 48.9 Å². The minimum atomic E-state index is -4.09. The molecule has 0 aliphatic heterocycles. The van der Waals surface area contributed by atoms with Crippen LogP contribution in [0.5, 0.6) is 5.75 Å². The largest absolute Gasteiger partial charge is 0.493 e. The number of benzene rings is 2. The van der Waals surface area contributed by atoms with Gasteiger partial charge in [-0.3, -0.25) is 14.8 Å². The minimum Gasteiger partial charge on any atom is -0.493 e. The zero-order valence-corrected chi connectivity index (χ0v) is 19.8. The zero-order chi connectivity index (χ0) is 23.8. The molecule has 3 rings (SSSR count). The Kier molecular flexibility index (Phi) is 9.69. The first kappa shape index (κ1) is 26.9. The molecule has 0 fully saturated rings. The molecular weight excluding hydrogens is 486 g/mol. The van der Waals surface area contributed by atoms with Crippen LogP contribution in [0.25, 0.3) is 5.69 Å². The van der Waals surface area contributed by atoms with Crippen LogP contribution in [0.15, 0.2) is 65.8 Å². The molecule has 0 bridgehead atoms. The average molecular weight is 510 g/mol. The Hall–Kier alpha value is -3.32. The second-order valence-corrected chi connectivity index (χ2v) is 9.00. The van der Waals surface area contributed by atoms with Gasteiger partial charge in [0.2, 0.25) is 10.0 Å². The number of nitrogens with zero attached hydrogens (tertiary/aromatic N) is 4. The summed E-state index contributed by atoms with van der Waals surface area (Å²) in [6.45, 7) is 0.948. The maximum absolute atomic E-state index is 13.2. The van der Waals surface area contributed by atoms with Gasteiger partial charge in [-0.1, -0.05) is 12.1 Å². The zero-order valence-electron chi connectivity index (χ0n) is 18.2. The number of sulfonamides is 1. The van der Waals surface area contributed by atoms with E-state index < -0.39 is 22.5 Å². The second-order valence-electron chi connectivity index (χ2n) is 7.06. The van der Waals surface area contributed by atoms with Gasteiger partial charge in [0.05, 0.1) is 36.1 Å². The number of carbonyl (C=O) groups is 2. The van der Waals surface area contributed by atoms with Crippen LogP contribution < -0.4 is 10.2 Å². The molecule has 0 aliphatic rings. The first-order valence-corrected chi connectivity index (χ1v) is 11.3. The van der Waals surface area contributed by atoms with Gasteiger partial charge in [-0.2, -0.15) is 19.3 Å². The highest BCUT2D eigenvalue weighted by molar-refractivity contribution is 7.89. The van der Waals surface area contributed by atoms with E-state index >= 15 is 0 Å². The fourth-order valence-electron chi connectivity index (χ4n) is 2.88. The number of ether oxygens (including phenoxy) is 1. The van der Waals surface area contributed by atoms with E-state index in [4.69, 9.17) is 9.94 Å². The topological polar surface area (TPSA) is 144 Å². The highest BCUT2D eigenvalue weighted by atomic mass is 35.5. The third-order valence-electron chi connectivity index (χ3n) is 4.57. The number of rotatable bonds is 11. The molecule has 0 aliphatic carbocycles. The van der Waals surface area contributed by atoms with Crippen molar-refractivity contribution >= 4 is 34.1 Å². The molecule has 11 nitrogen and oxygen atoms in total. The molecule has 0 unspecified atom stereocenters. The van der Waals surface area contributed by atoms with Crippen molar-refractivity contribution in [3.8, 4) is 11.4 Å². The van der Waals surface area contributed by atoms with E-state index in [1.165, 1.54) is 53.9 Å². The molecule has 0 atom stereocenters. The van der Waals surface area contributed by atoms with Gasteiger partial charge >= 0.3 is 0 Å². The number of Topliss-reactive ketones (excluding diaryl/α,β-unsaturated/α-hetero) is 1. The summed E-state index contributed by atoms with van der Waals surface area (Å²) in [5, 5.41) is 17.0. The molecule has 0 radical (unpaired) electrons. The summed E-state index contributed by atoms with van der Waals surface area (Å²) in [7, 11) is -4.09. The molecule has 0 spiro atoms. The fourth-order valence-corrected chi connectivity index (χ4v) is 4.26. The standard InChI is InChI=1S/C21H23N5O6S.ClH/c1-16(27)10-13-32-19-6-8-20(9-7-19)33(30,31)25(15-21(28)24-29)14-17-2-4-18(5-3-17)26-22-11-12-23-26;/h2-9,11-12,29H,10,13-15H2,1H3,(H,24,28);1H. The summed E-state index contributed by atoms with van der Waals surface area (Å²) in [4.78, 5) is 24.2. The van der Waals surface area contributed by atoms with Gasteiger partial charge in [0, 0.05) is 13.0 Å². The smallest absolute Gasteiger partial charge is 0.258 e. The average Bonchev–Trinajstić information content (AvgIpc) is 3.34. The van der Waals surface area contributed by atoms with Crippen molar-refractivity contribution in [2.24, 2.45) is 0 Å². The van der Waals surface area contributed by atoms with Crippen molar-refractivity contribution in [1.82, 2.24) is 24.8 Å². The predicted octanol–water partition coefficient (Wildman–Crippen LogP) is 1.74. The Morgan fingerprint density at radius 2 is 1.68 bits per heavy atom. The van der Waals surface area contributed by atoms with Crippen molar-refractivity contribution in [1.29, 1.82) is 0 Å². The van der Waals surface area contributed by atoms with Gasteiger partial charge < -0.3 is 4.74 Å². The normalized spacial score (nSPS) is 11.0. The summed E-state index contributed by atoms with van der Waals surface area (Å²) in [5.41, 5.74) is 2.76. The number of carbonyl (C=O) groups excluding carboxylic acids is 2. The van der Waals surface area contributed by atoms with E-state index in [0.717, 1.165) is 4.31 Å². The molecule has 2 N–H and O–H groups in total. The number of amides is 1. The Balaban J connectivity index is 0.00000408. The Morgan fingerprint density at radius 3 is 2.24 bits per heavy atom. The molecule has 0 saturated carbocycles. The maximum atomic E-state index is 13.2. The summed E-state index contributed by atoms with van der Waals surface area (Å²) >= 11 is 0. The second kappa shape index (κ2) is 12.2. The lowest BCUT2D eigenvalue weighted by molar-refractivity contribution is -0.129. The first-order valence-electron chi connectivity index (χ1n) is 9.90. The van der Waals surface area contributed by atoms with E-state index in [0.29, 0.717) is 17.0 Å². The molecule has 182 valence electrons. The van der Waals surface area contributed by atoms with E-state index in [2.05, 4.69) is 10.2 Å². The Labute approximate surface area is 202 Å². The predicted molar refractivity (Wildman–Crippen MR) is 123 cm³/mol. The monoisotopic (exact) mass is 509 g/mol. The fraction of sp³-hybridized carbons (Fsp3) is 0.238. The molecule has 2 aromatic carbocycles. The molecule has 13 heteroatoms. The number of hydroxylamine groups is 1. The van der Waals surface area contributed by atoms with Crippen LogP contribution in [-0.4, -0.2) is 57.8 Å². The van der Waals surface area contributed by atoms with Crippen molar-refractivity contribution in [2.45, 2.75) is 24.8 Å². The summed E-state index contributed by atoms with van der Waals surface area (Å²) in [5.74, 6) is -0.473. The SMILES string of the molecule is CC(=O)CCOc1ccc(S(=O)(=O)N(CC(=O)NO)Cc2ccc(-n3nccn3)cc2)cc1.Cl. The van der Waals surface area contributed by atoms with Gasteiger partial charge in [-0.25, -0.2) is 13.9 Å². The summed E-state index contributed by atoms with van der Waals surface area (Å²) in [6, 6.07) is 12.5. The highest BCUT2D eigenvalue weighted by Crippen LogP contribution is 2.22. The number of nitrogens with one attached hydrogen (secondary N) is 1. The molecule has 1 aromatic heterocycles. The van der Waals surface area contributed by atoms with Crippen LogP contribution in [-0.2, 0) is 26.2 Å². The highest BCUT2D eigenvalue weighted by Gasteiger charge is 2.27. The lowest BCUT2D eigenvalue weighted by atomic mass is 10.2. The van der Waals surface area contributed by atoms with Crippen molar-refractivity contribution in [2.75, 3.05) is 13.2 Å². The Bertz CT molecular complexity index is 1190. The third kappa shape index (κ3) is 7.09. The summed E-state index contributed by atoms with van der Waals surface area (Å²) in [6.07, 6.45) is 3.32. The van der Waals surface area contributed by atoms with Gasteiger partial charge in [0.25, 0.3) is 5.91 Å². The van der Waals surface area contributed by atoms with Crippen molar-refractivity contribution in [3.05, 3.63) is 66.5 Å². The number of ketones is 1. The maximum Gasteiger partial charge on any atom is 0.258 e. The van der Waals surface area contributed by atoms with Crippen molar-refractivity contribution < 1.29 is 28.0 Å². The van der Waals surface area contributed by atoms with Gasteiger partial charge in [-0.15, -0.1) is 12.4 Å². The molecule has 3 aromatic rings. The quantitative estimate of drug-likeness (QED) is 0.294. The minimum absolute atomic E-state index is 0. The third-order valence-corrected chi connectivity index (χ3v) is 6.38. The van der Waals surface area contributed by atoms with Crippen LogP contribution in [0.4, 0.5) is 0 Å². The van der Waals surface area contributed by atoms with E-state index in [-0.39, 0.29) is 42.7 Å². The van der Waals surface area contributed by atoms with E-state index in [1.807, 2.05) is 0 Å². The summed E-state index contributed by atoms with van der Waals surface area (Å²) < 4.78 is 32.8. The van der Waals surface area contributed by atoms with E-state index in [9.17, 15) is 18.0 Å². The van der Waals surface area contributed by atoms with Gasteiger partial charge in [0.1, 0.15) is 11.5 Å². The molecule has 34 heavy (non-hydrogen) atoms. The number of aromatic nitrogens is 3. The lowest BCUT2D eigenvalue weighted by Crippen LogP contribution is -2.39. The van der Waals surface area contributed by atoms with Crippen LogP contribution in [0.2, 0.25) is 0 Å². The molecule has 1 amide bonds. The van der Waals surface area contributed by atoms with Crippen LogP contribution in [0.1, 0.15) is 18.9 Å². The molecule has 0 saturated heterocycles. The Morgan fingerprint density at radius 1 is 1.06 bits per heavy atom. The molecule has 1 heterocycles. The van der Waals surface area contributed by atoms with Gasteiger partial charge in [0.15, 0.2) is 0 Å². The number of hydrogen-bond acceptors (Lipinski definition) is 8.